The van der Waals surface area contributed by atoms with E-state index in [0.717, 1.165) is 34.7 Å². The number of amides is 2. The average Bonchev–Trinajstić information content (AvgIpc) is 3.12. The van der Waals surface area contributed by atoms with E-state index in [9.17, 15) is 9.59 Å². The SMILES string of the molecule is CNC(=O)c1cnc(NC(=O)C2COC2)cc1Nc1cccc2c1N(C)Cc1cn(C)nc1-2. The standard InChI is InChI=1S/C23H25N7O3/c1-24-23(32)16-8-25-19(27-22(31)14-11-33-12-14)7-18(16)26-17-6-4-5-15-20-13(10-30(3)28-20)9-29(2)21(15)17/h4-8,10,14H,9,11-12H2,1-3H3,(H,24,32)(H2,25,26,27,31). The number of hydrogen-bond acceptors (Lipinski definition) is 7. The second-order valence-corrected chi connectivity index (χ2v) is 8.28. The van der Waals surface area contributed by atoms with Crippen molar-refractivity contribution < 1.29 is 14.3 Å². The van der Waals surface area contributed by atoms with Crippen LogP contribution in [0.3, 0.4) is 0 Å². The lowest BCUT2D eigenvalue weighted by atomic mass is 9.99. The number of carbonyl (C=O) groups is 2. The minimum atomic E-state index is -0.277. The summed E-state index contributed by atoms with van der Waals surface area (Å²) in [6.07, 6.45) is 3.49. The zero-order chi connectivity index (χ0) is 23.1. The molecule has 2 aliphatic rings. The largest absolute Gasteiger partial charge is 0.380 e. The van der Waals surface area contributed by atoms with Crippen LogP contribution in [0.5, 0.6) is 0 Å². The molecule has 1 fully saturated rings. The van der Waals surface area contributed by atoms with Gasteiger partial charge in [0.15, 0.2) is 0 Å². The highest BCUT2D eigenvalue weighted by atomic mass is 16.5. The average molecular weight is 447 g/mol. The minimum absolute atomic E-state index is 0.146. The van der Waals surface area contributed by atoms with E-state index in [-0.39, 0.29) is 17.7 Å². The summed E-state index contributed by atoms with van der Waals surface area (Å²) in [6.45, 7) is 1.54. The smallest absolute Gasteiger partial charge is 0.254 e. The van der Waals surface area contributed by atoms with E-state index in [2.05, 4.69) is 30.9 Å². The molecule has 0 unspecified atom stereocenters. The van der Waals surface area contributed by atoms with Crippen LogP contribution in [0.2, 0.25) is 0 Å². The Morgan fingerprint density at radius 2 is 2.00 bits per heavy atom. The number of fused-ring (bicyclic) bond motifs is 3. The van der Waals surface area contributed by atoms with Crippen LogP contribution < -0.4 is 20.9 Å². The summed E-state index contributed by atoms with van der Waals surface area (Å²) in [6, 6.07) is 7.64. The van der Waals surface area contributed by atoms with Crippen molar-refractivity contribution in [3.63, 3.8) is 0 Å². The van der Waals surface area contributed by atoms with Gasteiger partial charge in [0.05, 0.1) is 47.5 Å². The predicted molar refractivity (Wildman–Crippen MR) is 125 cm³/mol. The number of rotatable bonds is 5. The van der Waals surface area contributed by atoms with E-state index in [1.807, 2.05) is 43.2 Å². The van der Waals surface area contributed by atoms with E-state index in [1.165, 1.54) is 6.20 Å². The predicted octanol–water partition coefficient (Wildman–Crippen LogP) is 2.12. The number of ether oxygens (including phenoxy) is 1. The van der Waals surface area contributed by atoms with Gasteiger partial charge in [-0.1, -0.05) is 12.1 Å². The summed E-state index contributed by atoms with van der Waals surface area (Å²) < 4.78 is 6.91. The fourth-order valence-electron chi connectivity index (χ4n) is 4.16. The van der Waals surface area contributed by atoms with E-state index >= 15 is 0 Å². The lowest BCUT2D eigenvalue weighted by molar-refractivity contribution is -0.133. The molecule has 0 radical (unpaired) electrons. The zero-order valence-corrected chi connectivity index (χ0v) is 18.7. The van der Waals surface area contributed by atoms with Crippen molar-refractivity contribution in [1.82, 2.24) is 20.1 Å². The topological polar surface area (TPSA) is 113 Å². The van der Waals surface area contributed by atoms with Gasteiger partial charge >= 0.3 is 0 Å². The molecule has 10 heteroatoms. The summed E-state index contributed by atoms with van der Waals surface area (Å²) in [7, 11) is 5.51. The Labute approximate surface area is 190 Å². The summed E-state index contributed by atoms with van der Waals surface area (Å²) in [5, 5.41) is 13.5. The molecule has 0 atom stereocenters. The first-order valence-corrected chi connectivity index (χ1v) is 10.7. The molecule has 1 aromatic carbocycles. The van der Waals surface area contributed by atoms with Gasteiger partial charge < -0.3 is 25.6 Å². The van der Waals surface area contributed by atoms with Gasteiger partial charge in [0.1, 0.15) is 5.82 Å². The molecule has 33 heavy (non-hydrogen) atoms. The molecule has 0 saturated carbocycles. The van der Waals surface area contributed by atoms with Crippen molar-refractivity contribution in [3.8, 4) is 11.3 Å². The van der Waals surface area contributed by atoms with Crippen LogP contribution in [-0.2, 0) is 23.1 Å². The molecular formula is C23H25N7O3. The summed E-state index contributed by atoms with van der Waals surface area (Å²) in [5.74, 6) is -0.233. The number of pyridine rings is 1. The lowest BCUT2D eigenvalue weighted by Gasteiger charge is -2.29. The molecule has 4 heterocycles. The van der Waals surface area contributed by atoms with Crippen LogP contribution in [0.1, 0.15) is 15.9 Å². The summed E-state index contributed by atoms with van der Waals surface area (Å²) in [5.41, 5.74) is 5.84. The molecule has 2 amide bonds. The maximum atomic E-state index is 12.5. The number of nitrogens with one attached hydrogen (secondary N) is 3. The number of nitrogens with zero attached hydrogens (tertiary/aromatic N) is 4. The van der Waals surface area contributed by atoms with Crippen LogP contribution in [0.15, 0.2) is 36.7 Å². The zero-order valence-electron chi connectivity index (χ0n) is 18.7. The van der Waals surface area contributed by atoms with Crippen LogP contribution in [0.4, 0.5) is 22.9 Å². The Morgan fingerprint density at radius 1 is 1.18 bits per heavy atom. The Kier molecular flexibility index (Phi) is 5.21. The third-order valence-corrected chi connectivity index (χ3v) is 5.89. The number of anilines is 4. The van der Waals surface area contributed by atoms with Gasteiger partial charge in [-0.25, -0.2) is 4.98 Å². The van der Waals surface area contributed by atoms with Crippen LogP contribution in [0.25, 0.3) is 11.3 Å². The normalized spacial score (nSPS) is 14.7. The molecule has 0 aliphatic carbocycles. The molecule has 170 valence electrons. The lowest BCUT2D eigenvalue weighted by Crippen LogP contribution is -2.38. The second kappa shape index (κ2) is 8.21. The van der Waals surface area contributed by atoms with E-state index in [1.54, 1.807) is 13.1 Å². The fraction of sp³-hybridized carbons (Fsp3) is 0.304. The van der Waals surface area contributed by atoms with Crippen molar-refractivity contribution >= 4 is 34.7 Å². The number of para-hydroxylation sites is 1. The maximum Gasteiger partial charge on any atom is 0.254 e. The van der Waals surface area contributed by atoms with Crippen molar-refractivity contribution in [3.05, 3.63) is 47.8 Å². The van der Waals surface area contributed by atoms with E-state index in [0.29, 0.717) is 30.3 Å². The quantitative estimate of drug-likeness (QED) is 0.549. The first kappa shape index (κ1) is 21.0. The van der Waals surface area contributed by atoms with Crippen LogP contribution in [-0.4, -0.2) is 53.9 Å². The van der Waals surface area contributed by atoms with Gasteiger partial charge in [0.25, 0.3) is 5.91 Å². The third kappa shape index (κ3) is 3.78. The highest BCUT2D eigenvalue weighted by molar-refractivity contribution is 6.02. The van der Waals surface area contributed by atoms with Gasteiger partial charge in [-0.15, -0.1) is 0 Å². The van der Waals surface area contributed by atoms with Crippen LogP contribution in [0, 0.1) is 5.92 Å². The van der Waals surface area contributed by atoms with Crippen molar-refractivity contribution in [1.29, 1.82) is 0 Å². The minimum Gasteiger partial charge on any atom is -0.380 e. The summed E-state index contributed by atoms with van der Waals surface area (Å²) in [4.78, 5) is 31.3. The number of benzene rings is 1. The first-order valence-electron chi connectivity index (χ1n) is 10.7. The molecule has 2 aliphatic heterocycles. The highest BCUT2D eigenvalue weighted by Crippen LogP contribution is 2.43. The number of aromatic nitrogens is 3. The van der Waals surface area contributed by atoms with Crippen LogP contribution >= 0.6 is 0 Å². The molecule has 10 nitrogen and oxygen atoms in total. The fourth-order valence-corrected chi connectivity index (χ4v) is 4.16. The molecule has 0 spiro atoms. The molecule has 5 rings (SSSR count). The molecule has 3 aromatic rings. The number of hydrogen-bond donors (Lipinski definition) is 3. The summed E-state index contributed by atoms with van der Waals surface area (Å²) >= 11 is 0. The van der Waals surface area contributed by atoms with E-state index < -0.39 is 0 Å². The Balaban J connectivity index is 1.53. The molecule has 2 aromatic heterocycles. The van der Waals surface area contributed by atoms with E-state index in [4.69, 9.17) is 4.74 Å². The van der Waals surface area contributed by atoms with Crippen molar-refractivity contribution in [2.75, 3.05) is 42.8 Å². The molecular weight excluding hydrogens is 422 g/mol. The Hall–Kier alpha value is -3.92. The number of aryl methyl sites for hydroxylation is 1. The molecule has 1 saturated heterocycles. The van der Waals surface area contributed by atoms with Crippen molar-refractivity contribution in [2.45, 2.75) is 6.54 Å². The molecule has 0 bridgehead atoms. The van der Waals surface area contributed by atoms with Gasteiger partial charge in [0.2, 0.25) is 5.91 Å². The Morgan fingerprint density at radius 3 is 2.73 bits per heavy atom. The van der Waals surface area contributed by atoms with Crippen molar-refractivity contribution in [2.24, 2.45) is 13.0 Å². The first-order chi connectivity index (χ1) is 15.9. The van der Waals surface area contributed by atoms with Gasteiger partial charge in [-0.3, -0.25) is 14.3 Å². The van der Waals surface area contributed by atoms with Gasteiger partial charge in [-0.2, -0.15) is 5.10 Å². The second-order valence-electron chi connectivity index (χ2n) is 8.28. The third-order valence-electron chi connectivity index (χ3n) is 5.89. The monoisotopic (exact) mass is 447 g/mol. The molecule has 3 N–H and O–H groups in total. The highest BCUT2D eigenvalue weighted by Gasteiger charge is 2.28. The number of carbonyl (C=O) groups excluding carboxylic acids is 2. The Bertz CT molecular complexity index is 1250. The van der Waals surface area contributed by atoms with Gasteiger partial charge in [0, 0.05) is 57.3 Å². The van der Waals surface area contributed by atoms with Gasteiger partial charge in [-0.05, 0) is 6.07 Å². The maximum absolute atomic E-state index is 12.5.